The Morgan fingerprint density at radius 2 is 2.03 bits per heavy atom. The first-order valence-electron chi connectivity index (χ1n) is 10.3. The molecule has 1 aliphatic carbocycles. The number of carbonyl (C=O) groups excluding carboxylic acids is 1. The molecule has 0 bridgehead atoms. The summed E-state index contributed by atoms with van der Waals surface area (Å²) in [4.78, 5) is 24.7. The van der Waals surface area contributed by atoms with E-state index in [9.17, 15) is 4.79 Å². The van der Waals surface area contributed by atoms with Crippen molar-refractivity contribution in [3.8, 4) is 11.4 Å². The highest BCUT2D eigenvalue weighted by Gasteiger charge is 2.31. The molecule has 0 atom stereocenters. The molecule has 0 saturated heterocycles. The van der Waals surface area contributed by atoms with Crippen molar-refractivity contribution in [2.75, 3.05) is 12.8 Å². The molecular weight excluding hydrogens is 416 g/mol. The van der Waals surface area contributed by atoms with Crippen LogP contribution in [0, 0.1) is 12.8 Å². The molecule has 1 aliphatic rings. The van der Waals surface area contributed by atoms with E-state index in [-0.39, 0.29) is 17.8 Å². The average Bonchev–Trinajstić information content (AvgIpc) is 3.36. The molecular formula is C22H23ClN6O2. The molecule has 8 nitrogen and oxygen atoms in total. The van der Waals surface area contributed by atoms with Gasteiger partial charge in [0, 0.05) is 11.3 Å². The Labute approximate surface area is 183 Å². The second kappa shape index (κ2) is 7.53. The molecule has 1 saturated carbocycles. The number of rotatable bonds is 3. The molecule has 3 aromatic heterocycles. The Balaban J connectivity index is 1.62. The maximum atomic E-state index is 11.9. The first-order valence-corrected chi connectivity index (χ1v) is 10.7. The number of hydrogen-bond donors (Lipinski definition) is 2. The van der Waals surface area contributed by atoms with Crippen LogP contribution in [0.2, 0.25) is 5.02 Å². The lowest BCUT2D eigenvalue weighted by atomic mass is 9.81. The van der Waals surface area contributed by atoms with Gasteiger partial charge in [0.2, 0.25) is 0 Å². The van der Waals surface area contributed by atoms with E-state index in [0.29, 0.717) is 27.9 Å². The molecule has 0 unspecified atom stereocenters. The second-order valence-electron chi connectivity index (χ2n) is 8.08. The van der Waals surface area contributed by atoms with Gasteiger partial charge in [0.25, 0.3) is 0 Å². The number of imidazole rings is 1. The maximum absolute atomic E-state index is 11.9. The highest BCUT2D eigenvalue weighted by Crippen LogP contribution is 2.39. The van der Waals surface area contributed by atoms with Gasteiger partial charge in [0.15, 0.2) is 5.82 Å². The molecule has 3 N–H and O–H groups in total. The molecule has 0 radical (unpaired) electrons. The third-order valence-electron chi connectivity index (χ3n) is 6.14. The monoisotopic (exact) mass is 438 g/mol. The van der Waals surface area contributed by atoms with Crippen LogP contribution < -0.4 is 5.73 Å². The zero-order valence-corrected chi connectivity index (χ0v) is 18.1. The SMILES string of the molecule is COC(=O)C1CCC(c2nc(-c3cc4cccc(Cl)c4[nH]3)c3c(N)nc(C)nn23)CC1. The van der Waals surface area contributed by atoms with Gasteiger partial charge in [-0.05, 0) is 44.7 Å². The Morgan fingerprint density at radius 3 is 2.74 bits per heavy atom. The summed E-state index contributed by atoms with van der Waals surface area (Å²) in [5.41, 5.74) is 9.38. The zero-order valence-electron chi connectivity index (χ0n) is 17.4. The zero-order chi connectivity index (χ0) is 21.7. The van der Waals surface area contributed by atoms with Crippen molar-refractivity contribution >= 4 is 39.8 Å². The number of anilines is 1. The number of ether oxygens (including phenoxy) is 1. The van der Waals surface area contributed by atoms with Crippen LogP contribution in [0.4, 0.5) is 5.82 Å². The molecule has 9 heteroatoms. The first kappa shape index (κ1) is 19.8. The fraction of sp³-hybridized carbons (Fsp3) is 0.364. The van der Waals surface area contributed by atoms with E-state index in [2.05, 4.69) is 15.1 Å². The number of nitrogens with zero attached hydrogens (tertiary/aromatic N) is 4. The number of aromatic nitrogens is 5. The Bertz CT molecular complexity index is 1300. The van der Waals surface area contributed by atoms with Gasteiger partial charge in [-0.25, -0.2) is 14.5 Å². The maximum Gasteiger partial charge on any atom is 0.308 e. The third kappa shape index (κ3) is 3.31. The van der Waals surface area contributed by atoms with Crippen molar-refractivity contribution in [1.29, 1.82) is 0 Å². The van der Waals surface area contributed by atoms with Gasteiger partial charge in [-0.3, -0.25) is 4.79 Å². The van der Waals surface area contributed by atoms with Gasteiger partial charge in [0.1, 0.15) is 22.9 Å². The predicted molar refractivity (Wildman–Crippen MR) is 119 cm³/mol. The second-order valence-corrected chi connectivity index (χ2v) is 8.49. The smallest absolute Gasteiger partial charge is 0.308 e. The number of esters is 1. The van der Waals surface area contributed by atoms with Crippen LogP contribution in [0.1, 0.15) is 43.3 Å². The minimum absolute atomic E-state index is 0.0516. The van der Waals surface area contributed by atoms with Crippen LogP contribution in [0.5, 0.6) is 0 Å². The number of aromatic amines is 1. The van der Waals surface area contributed by atoms with E-state index in [1.165, 1.54) is 7.11 Å². The number of nitrogens with two attached hydrogens (primary N) is 1. The fourth-order valence-electron chi connectivity index (χ4n) is 4.61. The molecule has 4 aromatic rings. The topological polar surface area (TPSA) is 111 Å². The summed E-state index contributed by atoms with van der Waals surface area (Å²) in [6, 6.07) is 7.78. The van der Waals surface area contributed by atoms with Crippen molar-refractivity contribution in [3.63, 3.8) is 0 Å². The number of methoxy groups -OCH3 is 1. The molecule has 160 valence electrons. The van der Waals surface area contributed by atoms with Crippen molar-refractivity contribution in [2.24, 2.45) is 5.92 Å². The lowest BCUT2D eigenvalue weighted by Crippen LogP contribution is -2.23. The molecule has 1 aromatic carbocycles. The summed E-state index contributed by atoms with van der Waals surface area (Å²) in [5, 5.41) is 6.27. The summed E-state index contributed by atoms with van der Waals surface area (Å²) in [5.74, 6) is 1.79. The summed E-state index contributed by atoms with van der Waals surface area (Å²) in [6.07, 6.45) is 3.20. The third-order valence-corrected chi connectivity index (χ3v) is 6.45. The number of fused-ring (bicyclic) bond motifs is 2. The summed E-state index contributed by atoms with van der Waals surface area (Å²) < 4.78 is 6.74. The molecule has 0 amide bonds. The number of nitrogen functional groups attached to an aromatic ring is 1. The number of aryl methyl sites for hydroxylation is 1. The number of hydrogen-bond acceptors (Lipinski definition) is 6. The predicted octanol–water partition coefficient (Wildman–Crippen LogP) is 4.26. The Hall–Kier alpha value is -3.13. The highest BCUT2D eigenvalue weighted by molar-refractivity contribution is 6.35. The van der Waals surface area contributed by atoms with E-state index in [4.69, 9.17) is 27.1 Å². The van der Waals surface area contributed by atoms with Gasteiger partial charge in [-0.2, -0.15) is 5.10 Å². The van der Waals surface area contributed by atoms with E-state index in [0.717, 1.165) is 48.1 Å². The number of halogens is 1. The summed E-state index contributed by atoms with van der Waals surface area (Å²) in [7, 11) is 1.44. The van der Waals surface area contributed by atoms with Gasteiger partial charge < -0.3 is 15.5 Å². The molecule has 5 rings (SSSR count). The van der Waals surface area contributed by atoms with Crippen LogP contribution in [0.25, 0.3) is 27.8 Å². The van der Waals surface area contributed by atoms with Crippen LogP contribution >= 0.6 is 11.6 Å². The van der Waals surface area contributed by atoms with Crippen molar-refractivity contribution < 1.29 is 9.53 Å². The first-order chi connectivity index (χ1) is 15.0. The van der Waals surface area contributed by atoms with E-state index in [1.807, 2.05) is 35.7 Å². The normalized spacial score (nSPS) is 19.2. The number of para-hydroxylation sites is 1. The number of benzene rings is 1. The largest absolute Gasteiger partial charge is 0.469 e. The van der Waals surface area contributed by atoms with Gasteiger partial charge in [0.05, 0.1) is 29.3 Å². The minimum atomic E-state index is -0.135. The number of carbonyl (C=O) groups is 1. The van der Waals surface area contributed by atoms with Crippen LogP contribution in [0.3, 0.4) is 0 Å². The molecule has 0 spiro atoms. The quantitative estimate of drug-likeness (QED) is 0.462. The van der Waals surface area contributed by atoms with Crippen molar-refractivity contribution in [3.05, 3.63) is 40.9 Å². The highest BCUT2D eigenvalue weighted by atomic mass is 35.5. The lowest BCUT2D eigenvalue weighted by Gasteiger charge is -2.25. The van der Waals surface area contributed by atoms with Crippen molar-refractivity contribution in [2.45, 2.75) is 38.5 Å². The van der Waals surface area contributed by atoms with Gasteiger partial charge in [-0.1, -0.05) is 23.7 Å². The standard InChI is InChI=1S/C22H23ClN6O2/c1-11-25-20(24)19-18(16-10-14-4-3-5-15(23)17(14)26-16)27-21(29(19)28-11)12-6-8-13(9-7-12)22(30)31-2/h3-5,10,12-13,26H,6-9H2,1-2H3,(H2,24,25,28). The molecule has 3 heterocycles. The van der Waals surface area contributed by atoms with Crippen LogP contribution in [-0.2, 0) is 9.53 Å². The van der Waals surface area contributed by atoms with E-state index >= 15 is 0 Å². The number of H-pyrrole nitrogens is 1. The summed E-state index contributed by atoms with van der Waals surface area (Å²) in [6.45, 7) is 1.82. The molecule has 1 fully saturated rings. The van der Waals surface area contributed by atoms with Crippen LogP contribution in [0.15, 0.2) is 24.3 Å². The average molecular weight is 439 g/mol. The fourth-order valence-corrected chi connectivity index (χ4v) is 4.84. The van der Waals surface area contributed by atoms with E-state index in [1.54, 1.807) is 0 Å². The van der Waals surface area contributed by atoms with E-state index < -0.39 is 0 Å². The number of nitrogens with one attached hydrogen (secondary N) is 1. The van der Waals surface area contributed by atoms with Crippen LogP contribution in [-0.4, -0.2) is 37.6 Å². The molecule has 31 heavy (non-hydrogen) atoms. The van der Waals surface area contributed by atoms with Crippen molar-refractivity contribution in [1.82, 2.24) is 24.6 Å². The van der Waals surface area contributed by atoms with Gasteiger partial charge in [-0.15, -0.1) is 0 Å². The Kier molecular flexibility index (Phi) is 4.81. The summed E-state index contributed by atoms with van der Waals surface area (Å²) >= 11 is 6.36. The lowest BCUT2D eigenvalue weighted by molar-refractivity contribution is -0.146. The Morgan fingerprint density at radius 1 is 1.26 bits per heavy atom. The minimum Gasteiger partial charge on any atom is -0.469 e. The van der Waals surface area contributed by atoms with Gasteiger partial charge >= 0.3 is 5.97 Å². The molecule has 0 aliphatic heterocycles.